The van der Waals surface area contributed by atoms with E-state index in [-0.39, 0.29) is 15.0 Å². The van der Waals surface area contributed by atoms with Gasteiger partial charge in [-0.15, -0.1) is 11.3 Å². The number of hydrogen-bond donors (Lipinski definition) is 1. The van der Waals surface area contributed by atoms with E-state index in [9.17, 15) is 13.6 Å². The smallest absolute Gasteiger partial charge is 0.262 e. The lowest BCUT2D eigenvalue weighted by atomic mass is 10.2. The van der Waals surface area contributed by atoms with Crippen LogP contribution < -0.4 is 5.32 Å². The summed E-state index contributed by atoms with van der Waals surface area (Å²) in [7, 11) is 0. The summed E-state index contributed by atoms with van der Waals surface area (Å²) in [6.45, 7) is 0. The largest absolute Gasteiger partial charge is 0.312 e. The predicted molar refractivity (Wildman–Crippen MR) is 71.0 cm³/mol. The van der Waals surface area contributed by atoms with Gasteiger partial charge in [-0.2, -0.15) is 5.26 Å². The molecule has 0 saturated heterocycles. The van der Waals surface area contributed by atoms with Crippen molar-refractivity contribution in [3.63, 3.8) is 0 Å². The molecule has 1 heterocycles. The van der Waals surface area contributed by atoms with Gasteiger partial charge in [0.15, 0.2) is 0 Å². The standard InChI is InChI=1S/C12H5BrF2N2OS/c13-7-3-8(14)10(9(15)4-7)11(18)17-12-6(5-16)1-2-19-12/h1-4H,(H,17,18). The van der Waals surface area contributed by atoms with Crippen molar-refractivity contribution in [2.24, 2.45) is 0 Å². The minimum atomic E-state index is -0.973. The van der Waals surface area contributed by atoms with Crippen molar-refractivity contribution in [3.8, 4) is 6.07 Å². The van der Waals surface area contributed by atoms with E-state index in [1.54, 1.807) is 5.38 Å². The van der Waals surface area contributed by atoms with Crippen LogP contribution in [0.4, 0.5) is 13.8 Å². The molecule has 19 heavy (non-hydrogen) atoms. The van der Waals surface area contributed by atoms with Gasteiger partial charge in [-0.3, -0.25) is 4.79 Å². The first-order valence-corrected chi connectivity index (χ1v) is 6.63. The minimum Gasteiger partial charge on any atom is -0.312 e. The van der Waals surface area contributed by atoms with Gasteiger partial charge in [-0.05, 0) is 23.6 Å². The molecule has 0 atom stereocenters. The van der Waals surface area contributed by atoms with Gasteiger partial charge in [0.2, 0.25) is 0 Å². The second-order valence-electron chi connectivity index (χ2n) is 3.47. The molecule has 0 aliphatic heterocycles. The third-order valence-corrected chi connectivity index (χ3v) is 3.53. The Hall–Kier alpha value is -1.78. The summed E-state index contributed by atoms with van der Waals surface area (Å²) in [4.78, 5) is 11.8. The SMILES string of the molecule is N#Cc1ccsc1NC(=O)c1c(F)cc(Br)cc1F. The molecule has 1 amide bonds. The molecule has 7 heteroatoms. The number of anilines is 1. The Bertz CT molecular complexity index is 670. The molecule has 0 unspecified atom stereocenters. The monoisotopic (exact) mass is 342 g/mol. The summed E-state index contributed by atoms with van der Waals surface area (Å²) in [5, 5.41) is 13.0. The summed E-state index contributed by atoms with van der Waals surface area (Å²) < 4.78 is 27.4. The Balaban J connectivity index is 2.34. The molecule has 1 aromatic heterocycles. The van der Waals surface area contributed by atoms with Crippen LogP contribution in [0.2, 0.25) is 0 Å². The summed E-state index contributed by atoms with van der Waals surface area (Å²) in [5.74, 6) is -2.87. The van der Waals surface area contributed by atoms with E-state index in [0.717, 1.165) is 23.5 Å². The Labute approximate surface area is 119 Å². The number of nitrogens with zero attached hydrogens (tertiary/aromatic N) is 1. The zero-order valence-electron chi connectivity index (χ0n) is 9.21. The topological polar surface area (TPSA) is 52.9 Å². The van der Waals surface area contributed by atoms with Gasteiger partial charge in [-0.25, -0.2) is 8.78 Å². The van der Waals surface area contributed by atoms with Crippen molar-refractivity contribution in [2.45, 2.75) is 0 Å². The molecular formula is C12H5BrF2N2OS. The number of amides is 1. The molecule has 0 fully saturated rings. The lowest BCUT2D eigenvalue weighted by Gasteiger charge is -2.06. The number of rotatable bonds is 2. The molecule has 0 bridgehead atoms. The molecule has 3 nitrogen and oxygen atoms in total. The summed E-state index contributed by atoms with van der Waals surface area (Å²) in [6, 6.07) is 5.38. The van der Waals surface area contributed by atoms with E-state index in [2.05, 4.69) is 21.2 Å². The lowest BCUT2D eigenvalue weighted by Crippen LogP contribution is -2.15. The third-order valence-electron chi connectivity index (χ3n) is 2.25. The summed E-state index contributed by atoms with van der Waals surface area (Å²) >= 11 is 4.03. The molecule has 0 spiro atoms. The van der Waals surface area contributed by atoms with E-state index >= 15 is 0 Å². The van der Waals surface area contributed by atoms with Crippen LogP contribution in [0.3, 0.4) is 0 Å². The highest BCUT2D eigenvalue weighted by Gasteiger charge is 2.19. The van der Waals surface area contributed by atoms with Gasteiger partial charge in [0.25, 0.3) is 5.91 Å². The van der Waals surface area contributed by atoms with Gasteiger partial charge >= 0.3 is 0 Å². The second-order valence-corrected chi connectivity index (χ2v) is 5.31. The fourth-order valence-electron chi connectivity index (χ4n) is 1.42. The summed E-state index contributed by atoms with van der Waals surface area (Å²) in [6.07, 6.45) is 0. The number of hydrogen-bond acceptors (Lipinski definition) is 3. The van der Waals surface area contributed by atoms with Crippen molar-refractivity contribution in [2.75, 3.05) is 5.32 Å². The number of carbonyl (C=O) groups is 1. The Morgan fingerprint density at radius 2 is 2.00 bits per heavy atom. The maximum Gasteiger partial charge on any atom is 0.262 e. The van der Waals surface area contributed by atoms with Crippen LogP contribution in [0, 0.1) is 23.0 Å². The first kappa shape index (κ1) is 13.6. The van der Waals surface area contributed by atoms with Crippen LogP contribution in [-0.2, 0) is 0 Å². The van der Waals surface area contributed by atoms with E-state index in [1.165, 1.54) is 6.07 Å². The Morgan fingerprint density at radius 1 is 1.37 bits per heavy atom. The van der Waals surface area contributed by atoms with Crippen molar-refractivity contribution in [3.05, 3.63) is 50.8 Å². The van der Waals surface area contributed by atoms with E-state index in [0.29, 0.717) is 0 Å². The normalized spacial score (nSPS) is 10.0. The number of carbonyl (C=O) groups excluding carboxylic acids is 1. The van der Waals surface area contributed by atoms with Crippen LogP contribution in [0.25, 0.3) is 0 Å². The van der Waals surface area contributed by atoms with E-state index in [4.69, 9.17) is 5.26 Å². The first-order valence-electron chi connectivity index (χ1n) is 4.96. The maximum atomic E-state index is 13.6. The van der Waals surface area contributed by atoms with Gasteiger partial charge in [0.05, 0.1) is 5.56 Å². The van der Waals surface area contributed by atoms with Crippen LogP contribution >= 0.6 is 27.3 Å². The number of benzene rings is 1. The molecular weight excluding hydrogens is 338 g/mol. The average Bonchev–Trinajstić information content (AvgIpc) is 2.74. The number of nitriles is 1. The Morgan fingerprint density at radius 3 is 2.58 bits per heavy atom. The number of halogens is 3. The molecule has 0 aliphatic rings. The van der Waals surface area contributed by atoms with Crippen LogP contribution in [0.15, 0.2) is 28.1 Å². The van der Waals surface area contributed by atoms with E-state index in [1.807, 2.05) is 6.07 Å². The minimum absolute atomic E-state index is 0.202. The Kier molecular flexibility index (Phi) is 3.93. The molecule has 2 rings (SSSR count). The molecule has 0 saturated carbocycles. The molecule has 0 radical (unpaired) electrons. The maximum absolute atomic E-state index is 13.6. The van der Waals surface area contributed by atoms with Gasteiger partial charge < -0.3 is 5.32 Å². The highest BCUT2D eigenvalue weighted by Crippen LogP contribution is 2.25. The fraction of sp³-hybridized carbons (Fsp3) is 0. The van der Waals surface area contributed by atoms with Crippen molar-refractivity contribution in [1.82, 2.24) is 0 Å². The van der Waals surface area contributed by atoms with Gasteiger partial charge in [0.1, 0.15) is 28.3 Å². The van der Waals surface area contributed by atoms with Gasteiger partial charge in [0, 0.05) is 4.47 Å². The molecule has 2 aromatic rings. The first-order chi connectivity index (χ1) is 9.02. The van der Waals surface area contributed by atoms with Crippen molar-refractivity contribution < 1.29 is 13.6 Å². The molecule has 96 valence electrons. The highest BCUT2D eigenvalue weighted by molar-refractivity contribution is 9.10. The lowest BCUT2D eigenvalue weighted by molar-refractivity contribution is 0.101. The molecule has 0 aliphatic carbocycles. The highest BCUT2D eigenvalue weighted by atomic mass is 79.9. The predicted octanol–water partition coefficient (Wildman–Crippen LogP) is 3.91. The third kappa shape index (κ3) is 2.80. The second kappa shape index (κ2) is 5.47. The van der Waals surface area contributed by atoms with Crippen LogP contribution in [-0.4, -0.2) is 5.91 Å². The fourth-order valence-corrected chi connectivity index (χ4v) is 2.55. The van der Waals surface area contributed by atoms with Gasteiger partial charge in [-0.1, -0.05) is 15.9 Å². The van der Waals surface area contributed by atoms with Crippen LogP contribution in [0.5, 0.6) is 0 Å². The zero-order chi connectivity index (χ0) is 14.0. The van der Waals surface area contributed by atoms with Crippen molar-refractivity contribution in [1.29, 1.82) is 5.26 Å². The quantitative estimate of drug-likeness (QED) is 0.899. The van der Waals surface area contributed by atoms with Crippen LogP contribution in [0.1, 0.15) is 15.9 Å². The average molecular weight is 343 g/mol. The summed E-state index contributed by atoms with van der Waals surface area (Å²) in [5.41, 5.74) is -0.434. The molecule has 1 N–H and O–H groups in total. The van der Waals surface area contributed by atoms with Crippen molar-refractivity contribution >= 4 is 38.2 Å². The number of thiophene rings is 1. The zero-order valence-corrected chi connectivity index (χ0v) is 11.6. The number of nitrogens with one attached hydrogen (secondary N) is 1. The molecule has 1 aromatic carbocycles. The van der Waals surface area contributed by atoms with E-state index < -0.39 is 23.1 Å².